The van der Waals surface area contributed by atoms with Crippen LogP contribution < -0.4 is 21.6 Å². The number of aromatic nitrogens is 2. The number of sulfonamides is 1. The lowest BCUT2D eigenvalue weighted by Crippen LogP contribution is -2.32. The molecule has 1 aromatic heterocycles. The third-order valence-electron chi connectivity index (χ3n) is 3.00. The standard InChI is InChI=1S/C13H13N9O2S/c14-11-10(12(15)21-20-11)19-18-8-2-4-9(5-3-8)25(23,24)22-13-16-6-1-7-17-13/h1-7,18H,(H,16,17,22)(H4,14,15,19,20,21). The number of benzene rings is 1. The van der Waals surface area contributed by atoms with Crippen LogP contribution in [-0.2, 0) is 10.0 Å². The Morgan fingerprint density at radius 1 is 0.960 bits per heavy atom. The van der Waals surface area contributed by atoms with Crippen LogP contribution in [-0.4, -0.2) is 35.8 Å². The van der Waals surface area contributed by atoms with Gasteiger partial charge in [0.05, 0.1) is 10.6 Å². The zero-order chi connectivity index (χ0) is 17.9. The summed E-state index contributed by atoms with van der Waals surface area (Å²) in [5.41, 5.74) is 14.6. The smallest absolute Gasteiger partial charge is 0.264 e. The van der Waals surface area contributed by atoms with E-state index in [0.29, 0.717) is 5.69 Å². The van der Waals surface area contributed by atoms with E-state index in [-0.39, 0.29) is 28.2 Å². The van der Waals surface area contributed by atoms with Crippen LogP contribution in [0.25, 0.3) is 0 Å². The highest BCUT2D eigenvalue weighted by atomic mass is 32.2. The lowest BCUT2D eigenvalue weighted by Gasteiger charge is -2.07. The van der Waals surface area contributed by atoms with Gasteiger partial charge in [0.1, 0.15) is 0 Å². The highest BCUT2D eigenvalue weighted by Crippen LogP contribution is 2.16. The Hall–Kier alpha value is -3.54. The van der Waals surface area contributed by atoms with Gasteiger partial charge in [0, 0.05) is 12.4 Å². The van der Waals surface area contributed by atoms with Gasteiger partial charge in [-0.2, -0.15) is 5.10 Å². The molecule has 6 N–H and O–H groups in total. The second-order valence-electron chi connectivity index (χ2n) is 4.74. The number of hydrogen-bond acceptors (Lipinski definition) is 10. The summed E-state index contributed by atoms with van der Waals surface area (Å²) in [6, 6.07) is 7.44. The van der Waals surface area contributed by atoms with Gasteiger partial charge >= 0.3 is 0 Å². The summed E-state index contributed by atoms with van der Waals surface area (Å²) in [5.74, 6) is 0.175. The molecule has 0 saturated heterocycles. The Kier molecular flexibility index (Phi) is 4.26. The maximum atomic E-state index is 12.3. The zero-order valence-corrected chi connectivity index (χ0v) is 13.5. The normalized spacial score (nSPS) is 13.8. The van der Waals surface area contributed by atoms with Gasteiger partial charge in [-0.15, -0.1) is 10.2 Å². The summed E-state index contributed by atoms with van der Waals surface area (Å²) in [5, 5.41) is 11.2. The molecule has 2 heterocycles. The van der Waals surface area contributed by atoms with Crippen LogP contribution in [0.15, 0.2) is 62.9 Å². The number of amidine groups is 2. The molecular weight excluding hydrogens is 346 g/mol. The zero-order valence-electron chi connectivity index (χ0n) is 12.7. The first-order chi connectivity index (χ1) is 12.0. The molecule has 1 aliphatic rings. The van der Waals surface area contributed by atoms with Crippen molar-refractivity contribution in [2.75, 3.05) is 10.1 Å². The fourth-order valence-corrected chi connectivity index (χ4v) is 2.77. The quantitative estimate of drug-likeness (QED) is 0.530. The first kappa shape index (κ1) is 16.3. The summed E-state index contributed by atoms with van der Waals surface area (Å²) in [6.45, 7) is 0. The topological polar surface area (TPSA) is 173 Å². The molecule has 0 bridgehead atoms. The average Bonchev–Trinajstić information content (AvgIpc) is 2.92. The monoisotopic (exact) mass is 359 g/mol. The van der Waals surface area contributed by atoms with Gasteiger partial charge in [-0.25, -0.2) is 23.1 Å². The molecule has 0 radical (unpaired) electrons. The summed E-state index contributed by atoms with van der Waals surface area (Å²) in [4.78, 5) is 7.68. The van der Waals surface area contributed by atoms with Crippen molar-refractivity contribution in [3.8, 4) is 0 Å². The number of hydrazone groups is 1. The second-order valence-corrected chi connectivity index (χ2v) is 6.43. The molecule has 2 aromatic rings. The molecular formula is C13H13N9O2S. The van der Waals surface area contributed by atoms with Crippen LogP contribution >= 0.6 is 0 Å². The van der Waals surface area contributed by atoms with Gasteiger partial charge in [0.2, 0.25) is 5.95 Å². The minimum atomic E-state index is -3.80. The fourth-order valence-electron chi connectivity index (χ4n) is 1.81. The van der Waals surface area contributed by atoms with E-state index in [1.165, 1.54) is 36.7 Å². The van der Waals surface area contributed by atoms with E-state index in [0.717, 1.165) is 0 Å². The van der Waals surface area contributed by atoms with Crippen molar-refractivity contribution in [2.45, 2.75) is 4.90 Å². The van der Waals surface area contributed by atoms with E-state index in [1.807, 2.05) is 0 Å². The molecule has 12 heteroatoms. The first-order valence-electron chi connectivity index (χ1n) is 6.87. The summed E-state index contributed by atoms with van der Waals surface area (Å²) >= 11 is 0. The summed E-state index contributed by atoms with van der Waals surface area (Å²) in [7, 11) is -3.80. The number of nitrogens with zero attached hydrogens (tertiary/aromatic N) is 5. The SMILES string of the molecule is NC1=NN=C(N)C1=NNc1ccc(S(=O)(=O)Nc2ncccn2)cc1. The second kappa shape index (κ2) is 6.52. The van der Waals surface area contributed by atoms with Crippen LogP contribution in [0.4, 0.5) is 11.6 Å². The van der Waals surface area contributed by atoms with Gasteiger partial charge in [0.25, 0.3) is 10.0 Å². The van der Waals surface area contributed by atoms with Crippen LogP contribution in [0.2, 0.25) is 0 Å². The van der Waals surface area contributed by atoms with Crippen LogP contribution in [0, 0.1) is 0 Å². The van der Waals surface area contributed by atoms with Gasteiger partial charge in [-0.3, -0.25) is 5.43 Å². The average molecular weight is 359 g/mol. The lowest BCUT2D eigenvalue weighted by atomic mass is 10.3. The van der Waals surface area contributed by atoms with Crippen LogP contribution in [0.5, 0.6) is 0 Å². The summed E-state index contributed by atoms with van der Waals surface area (Å²) in [6.07, 6.45) is 2.87. The highest BCUT2D eigenvalue weighted by Gasteiger charge is 2.17. The van der Waals surface area contributed by atoms with Crippen molar-refractivity contribution >= 4 is 39.0 Å². The van der Waals surface area contributed by atoms with Gasteiger partial charge in [-0.05, 0) is 30.3 Å². The van der Waals surface area contributed by atoms with Gasteiger partial charge in [0.15, 0.2) is 17.4 Å². The Morgan fingerprint density at radius 2 is 1.56 bits per heavy atom. The van der Waals surface area contributed by atoms with Crippen molar-refractivity contribution in [3.63, 3.8) is 0 Å². The summed E-state index contributed by atoms with van der Waals surface area (Å²) < 4.78 is 26.8. The minimum Gasteiger partial charge on any atom is -0.380 e. The predicted molar refractivity (Wildman–Crippen MR) is 93.6 cm³/mol. The van der Waals surface area contributed by atoms with Crippen molar-refractivity contribution in [1.29, 1.82) is 0 Å². The predicted octanol–water partition coefficient (Wildman–Crippen LogP) is -0.312. The van der Waals surface area contributed by atoms with Crippen molar-refractivity contribution in [3.05, 3.63) is 42.7 Å². The molecule has 0 aliphatic carbocycles. The first-order valence-corrected chi connectivity index (χ1v) is 8.35. The van der Waals surface area contributed by atoms with Gasteiger partial charge in [-0.1, -0.05) is 0 Å². The molecule has 0 amide bonds. The van der Waals surface area contributed by atoms with E-state index < -0.39 is 10.0 Å². The molecule has 3 rings (SSSR count). The molecule has 25 heavy (non-hydrogen) atoms. The molecule has 0 saturated carbocycles. The third kappa shape index (κ3) is 3.69. The number of nitrogens with two attached hydrogens (primary N) is 2. The van der Waals surface area contributed by atoms with E-state index in [4.69, 9.17) is 11.5 Å². The maximum absolute atomic E-state index is 12.3. The Bertz CT molecular complexity index is 946. The van der Waals surface area contributed by atoms with Gasteiger partial charge < -0.3 is 11.5 Å². The molecule has 1 aliphatic heterocycles. The van der Waals surface area contributed by atoms with Crippen molar-refractivity contribution < 1.29 is 8.42 Å². The Labute approximate surface area is 142 Å². The molecule has 0 spiro atoms. The molecule has 1 aromatic carbocycles. The number of anilines is 2. The maximum Gasteiger partial charge on any atom is 0.264 e. The minimum absolute atomic E-state index is 0.0122. The van der Waals surface area contributed by atoms with Crippen molar-refractivity contribution in [1.82, 2.24) is 9.97 Å². The number of hydrogen-bond donors (Lipinski definition) is 4. The third-order valence-corrected chi connectivity index (χ3v) is 4.35. The molecule has 128 valence electrons. The van der Waals surface area contributed by atoms with Crippen LogP contribution in [0.3, 0.4) is 0 Å². The number of nitrogens with one attached hydrogen (secondary N) is 2. The largest absolute Gasteiger partial charge is 0.380 e. The van der Waals surface area contributed by atoms with E-state index in [1.54, 1.807) is 6.07 Å². The van der Waals surface area contributed by atoms with Crippen LogP contribution in [0.1, 0.15) is 0 Å². The highest BCUT2D eigenvalue weighted by molar-refractivity contribution is 7.92. The van der Waals surface area contributed by atoms with E-state index in [2.05, 4.69) is 35.4 Å². The van der Waals surface area contributed by atoms with E-state index in [9.17, 15) is 8.42 Å². The number of rotatable bonds is 5. The Balaban J connectivity index is 1.73. The fraction of sp³-hybridized carbons (Fsp3) is 0. The lowest BCUT2D eigenvalue weighted by molar-refractivity contribution is 0.601. The van der Waals surface area contributed by atoms with Crippen molar-refractivity contribution in [2.24, 2.45) is 26.8 Å². The molecule has 0 atom stereocenters. The van der Waals surface area contributed by atoms with E-state index >= 15 is 0 Å². The molecule has 0 fully saturated rings. The molecule has 11 nitrogen and oxygen atoms in total. The Morgan fingerprint density at radius 3 is 2.16 bits per heavy atom. The molecule has 0 unspecified atom stereocenters.